The molecule has 0 heterocycles. The summed E-state index contributed by atoms with van der Waals surface area (Å²) in [6, 6.07) is 8.63. The van der Waals surface area contributed by atoms with Crippen molar-refractivity contribution in [2.45, 2.75) is 33.2 Å². The fourth-order valence-corrected chi connectivity index (χ4v) is 2.17. The molecular weight excluding hydrogens is 238 g/mol. The zero-order valence-electron chi connectivity index (χ0n) is 12.6. The van der Waals surface area contributed by atoms with Gasteiger partial charge in [0.1, 0.15) is 12.4 Å². The molecule has 108 valence electrons. The minimum Gasteiger partial charge on any atom is -0.491 e. The van der Waals surface area contributed by atoms with E-state index in [4.69, 9.17) is 9.47 Å². The van der Waals surface area contributed by atoms with E-state index in [-0.39, 0.29) is 0 Å². The smallest absolute Gasteiger partial charge is 0.124 e. The zero-order valence-corrected chi connectivity index (χ0v) is 12.6. The Morgan fingerprint density at radius 3 is 2.53 bits per heavy atom. The highest BCUT2D eigenvalue weighted by Crippen LogP contribution is 2.29. The van der Waals surface area contributed by atoms with Gasteiger partial charge in [-0.1, -0.05) is 39.0 Å². The maximum Gasteiger partial charge on any atom is 0.124 e. The summed E-state index contributed by atoms with van der Waals surface area (Å²) in [5.74, 6) is 1.61. The molecule has 1 rings (SSSR count). The van der Waals surface area contributed by atoms with Crippen LogP contribution in [0, 0.1) is 5.92 Å². The number of rotatable bonds is 9. The highest BCUT2D eigenvalue weighted by Gasteiger charge is 2.16. The summed E-state index contributed by atoms with van der Waals surface area (Å²) in [4.78, 5) is 0. The molecule has 1 atom stereocenters. The number of benzene rings is 1. The monoisotopic (exact) mass is 265 g/mol. The first kappa shape index (κ1) is 16.0. The van der Waals surface area contributed by atoms with Gasteiger partial charge in [-0.15, -0.1) is 0 Å². The fourth-order valence-electron chi connectivity index (χ4n) is 2.17. The molecule has 1 N–H and O–H groups in total. The van der Waals surface area contributed by atoms with Crippen molar-refractivity contribution < 1.29 is 9.47 Å². The Morgan fingerprint density at radius 2 is 1.89 bits per heavy atom. The van der Waals surface area contributed by atoms with Crippen molar-refractivity contribution >= 4 is 0 Å². The summed E-state index contributed by atoms with van der Waals surface area (Å²) >= 11 is 0. The van der Waals surface area contributed by atoms with Crippen molar-refractivity contribution in [1.82, 2.24) is 5.32 Å². The van der Waals surface area contributed by atoms with Gasteiger partial charge in [0.05, 0.1) is 6.61 Å². The van der Waals surface area contributed by atoms with E-state index in [0.717, 1.165) is 18.7 Å². The van der Waals surface area contributed by atoms with E-state index < -0.39 is 0 Å². The number of methoxy groups -OCH3 is 1. The molecule has 1 aromatic carbocycles. The third-order valence-electron chi connectivity index (χ3n) is 3.00. The summed E-state index contributed by atoms with van der Waals surface area (Å²) in [5, 5.41) is 3.55. The van der Waals surface area contributed by atoms with Crippen LogP contribution in [-0.4, -0.2) is 26.9 Å². The Balaban J connectivity index is 2.81. The lowest BCUT2D eigenvalue weighted by Gasteiger charge is -2.23. The van der Waals surface area contributed by atoms with Gasteiger partial charge in [0, 0.05) is 18.7 Å². The highest BCUT2D eigenvalue weighted by atomic mass is 16.5. The number of para-hydroxylation sites is 1. The van der Waals surface area contributed by atoms with Gasteiger partial charge in [-0.05, 0) is 24.9 Å². The van der Waals surface area contributed by atoms with Gasteiger partial charge in [0.25, 0.3) is 0 Å². The lowest BCUT2D eigenvalue weighted by atomic mass is 9.96. The lowest BCUT2D eigenvalue weighted by Crippen LogP contribution is -2.23. The van der Waals surface area contributed by atoms with Crippen molar-refractivity contribution in [1.29, 1.82) is 0 Å². The molecule has 1 unspecified atom stereocenters. The van der Waals surface area contributed by atoms with Crippen LogP contribution in [0.1, 0.15) is 38.8 Å². The van der Waals surface area contributed by atoms with Crippen molar-refractivity contribution in [3.63, 3.8) is 0 Å². The SMILES string of the molecule is CCNC(CC(C)C)c1ccccc1OCCOC. The quantitative estimate of drug-likeness (QED) is 0.694. The normalized spacial score (nSPS) is 12.7. The van der Waals surface area contributed by atoms with Gasteiger partial charge in [0.15, 0.2) is 0 Å². The second kappa shape index (κ2) is 8.94. The van der Waals surface area contributed by atoms with Crippen LogP contribution in [-0.2, 0) is 4.74 Å². The molecule has 3 heteroatoms. The van der Waals surface area contributed by atoms with Crippen molar-refractivity contribution in [3.05, 3.63) is 29.8 Å². The first-order chi connectivity index (χ1) is 9.19. The summed E-state index contributed by atoms with van der Waals surface area (Å²) in [6.45, 7) is 8.81. The summed E-state index contributed by atoms with van der Waals surface area (Å²) in [6.07, 6.45) is 1.11. The van der Waals surface area contributed by atoms with Crippen LogP contribution in [0.2, 0.25) is 0 Å². The molecule has 19 heavy (non-hydrogen) atoms. The minimum absolute atomic E-state index is 0.351. The maximum atomic E-state index is 5.82. The first-order valence-electron chi connectivity index (χ1n) is 7.13. The minimum atomic E-state index is 0.351. The van der Waals surface area contributed by atoms with E-state index >= 15 is 0 Å². The van der Waals surface area contributed by atoms with E-state index in [1.807, 2.05) is 12.1 Å². The predicted molar refractivity (Wildman–Crippen MR) is 79.7 cm³/mol. The van der Waals surface area contributed by atoms with Crippen molar-refractivity contribution in [2.75, 3.05) is 26.9 Å². The number of hydrogen-bond acceptors (Lipinski definition) is 3. The summed E-state index contributed by atoms with van der Waals surface area (Å²) in [5.41, 5.74) is 1.24. The molecule has 0 bridgehead atoms. The number of nitrogens with one attached hydrogen (secondary N) is 1. The second-order valence-electron chi connectivity index (χ2n) is 5.12. The Bertz CT molecular complexity index is 352. The molecule has 3 nitrogen and oxygen atoms in total. The molecule has 0 saturated carbocycles. The lowest BCUT2D eigenvalue weighted by molar-refractivity contribution is 0.145. The van der Waals surface area contributed by atoms with Gasteiger partial charge >= 0.3 is 0 Å². The molecule has 0 aromatic heterocycles. The van der Waals surface area contributed by atoms with Gasteiger partial charge in [-0.25, -0.2) is 0 Å². The van der Waals surface area contributed by atoms with Crippen LogP contribution in [0.3, 0.4) is 0 Å². The molecule has 0 aliphatic rings. The van der Waals surface area contributed by atoms with Crippen molar-refractivity contribution in [3.8, 4) is 5.75 Å². The van der Waals surface area contributed by atoms with E-state index in [9.17, 15) is 0 Å². The number of hydrogen-bond donors (Lipinski definition) is 1. The van der Waals surface area contributed by atoms with Gasteiger partial charge in [-0.2, -0.15) is 0 Å². The van der Waals surface area contributed by atoms with Crippen LogP contribution < -0.4 is 10.1 Å². The molecule has 0 amide bonds. The van der Waals surface area contributed by atoms with Crippen LogP contribution in [0.15, 0.2) is 24.3 Å². The third kappa shape index (κ3) is 5.62. The molecule has 0 aliphatic heterocycles. The van der Waals surface area contributed by atoms with Crippen LogP contribution in [0.4, 0.5) is 0 Å². The molecule has 0 fully saturated rings. The van der Waals surface area contributed by atoms with E-state index in [2.05, 4.69) is 38.2 Å². The van der Waals surface area contributed by atoms with Crippen LogP contribution in [0.25, 0.3) is 0 Å². The molecule has 1 aromatic rings. The van der Waals surface area contributed by atoms with E-state index in [0.29, 0.717) is 25.2 Å². The van der Waals surface area contributed by atoms with Gasteiger partial charge in [-0.3, -0.25) is 0 Å². The fraction of sp³-hybridized carbons (Fsp3) is 0.625. The molecule has 0 spiro atoms. The van der Waals surface area contributed by atoms with Crippen LogP contribution >= 0.6 is 0 Å². The number of ether oxygens (including phenoxy) is 2. The third-order valence-corrected chi connectivity index (χ3v) is 3.00. The maximum absolute atomic E-state index is 5.82. The molecular formula is C16H27NO2. The van der Waals surface area contributed by atoms with Crippen molar-refractivity contribution in [2.24, 2.45) is 5.92 Å². The topological polar surface area (TPSA) is 30.5 Å². The Hall–Kier alpha value is -1.06. The summed E-state index contributed by atoms with van der Waals surface area (Å²) < 4.78 is 10.9. The zero-order chi connectivity index (χ0) is 14.1. The Morgan fingerprint density at radius 1 is 1.16 bits per heavy atom. The summed E-state index contributed by atoms with van der Waals surface area (Å²) in [7, 11) is 1.69. The average molecular weight is 265 g/mol. The molecule has 0 saturated heterocycles. The Labute approximate surface area is 117 Å². The standard InChI is InChI=1S/C16H27NO2/c1-5-17-15(12-13(2)3)14-8-6-7-9-16(14)19-11-10-18-4/h6-9,13,15,17H,5,10-12H2,1-4H3. The molecule has 0 radical (unpaired) electrons. The van der Waals surface area contributed by atoms with Gasteiger partial charge < -0.3 is 14.8 Å². The highest BCUT2D eigenvalue weighted by molar-refractivity contribution is 5.36. The predicted octanol–water partition coefficient (Wildman–Crippen LogP) is 3.41. The largest absolute Gasteiger partial charge is 0.491 e. The Kier molecular flexibility index (Phi) is 7.53. The first-order valence-corrected chi connectivity index (χ1v) is 7.13. The average Bonchev–Trinajstić information content (AvgIpc) is 2.39. The van der Waals surface area contributed by atoms with Gasteiger partial charge in [0.2, 0.25) is 0 Å². The van der Waals surface area contributed by atoms with Crippen LogP contribution in [0.5, 0.6) is 5.75 Å². The van der Waals surface area contributed by atoms with E-state index in [1.54, 1.807) is 7.11 Å². The second-order valence-corrected chi connectivity index (χ2v) is 5.12. The van der Waals surface area contributed by atoms with E-state index in [1.165, 1.54) is 5.56 Å². The molecule has 0 aliphatic carbocycles.